The van der Waals surface area contributed by atoms with Crippen molar-refractivity contribution in [1.82, 2.24) is 5.32 Å². The molecule has 0 aliphatic heterocycles. The number of carbonyl (C=O) groups is 1. The maximum absolute atomic E-state index is 11.7. The first-order valence-corrected chi connectivity index (χ1v) is 5.67. The maximum Gasteiger partial charge on any atom is 0.411 e. The lowest BCUT2D eigenvalue weighted by atomic mass is 10.3. The first-order valence-electron chi connectivity index (χ1n) is 5.67. The third kappa shape index (κ3) is 9.46. The first-order chi connectivity index (χ1) is 8.97. The number of amides is 1. The summed E-state index contributed by atoms with van der Waals surface area (Å²) in [7, 11) is 0. The van der Waals surface area contributed by atoms with Crippen molar-refractivity contribution in [1.29, 1.82) is 0 Å². The zero-order valence-corrected chi connectivity index (χ0v) is 11.4. The van der Waals surface area contributed by atoms with Gasteiger partial charge in [0, 0.05) is 12.2 Å². The lowest BCUT2D eigenvalue weighted by molar-refractivity contribution is -0.173. The SMILES string of the molecule is Cl.O=C(CNc1ccccc1)NCCOCC(F)(F)F. The van der Waals surface area contributed by atoms with Crippen LogP contribution < -0.4 is 10.6 Å². The van der Waals surface area contributed by atoms with Crippen LogP contribution in [0.3, 0.4) is 0 Å². The lowest BCUT2D eigenvalue weighted by Crippen LogP contribution is -2.33. The van der Waals surface area contributed by atoms with Crippen LogP contribution in [-0.2, 0) is 9.53 Å². The van der Waals surface area contributed by atoms with Gasteiger partial charge in [-0.05, 0) is 12.1 Å². The predicted octanol–water partition coefficient (Wildman–Crippen LogP) is 2.22. The zero-order chi connectivity index (χ0) is 14.1. The molecule has 0 bridgehead atoms. The minimum atomic E-state index is -4.33. The highest BCUT2D eigenvalue weighted by Crippen LogP contribution is 2.13. The molecule has 0 fully saturated rings. The lowest BCUT2D eigenvalue weighted by Gasteiger charge is -2.09. The number of hydrogen-bond donors (Lipinski definition) is 2. The van der Waals surface area contributed by atoms with Crippen LogP contribution >= 0.6 is 12.4 Å². The van der Waals surface area contributed by atoms with Gasteiger partial charge in [0.05, 0.1) is 13.2 Å². The molecule has 1 aromatic carbocycles. The topological polar surface area (TPSA) is 50.4 Å². The molecular formula is C12H16ClF3N2O2. The Morgan fingerprint density at radius 2 is 1.85 bits per heavy atom. The number of benzene rings is 1. The van der Waals surface area contributed by atoms with Crippen LogP contribution in [0.15, 0.2) is 30.3 Å². The van der Waals surface area contributed by atoms with Gasteiger partial charge in [0.1, 0.15) is 6.61 Å². The number of anilines is 1. The van der Waals surface area contributed by atoms with E-state index in [1.165, 1.54) is 0 Å². The summed E-state index contributed by atoms with van der Waals surface area (Å²) >= 11 is 0. The first kappa shape index (κ1) is 18.5. The van der Waals surface area contributed by atoms with Gasteiger partial charge in [0.15, 0.2) is 0 Å². The van der Waals surface area contributed by atoms with Gasteiger partial charge < -0.3 is 15.4 Å². The second kappa shape index (κ2) is 9.44. The smallest absolute Gasteiger partial charge is 0.376 e. The van der Waals surface area contributed by atoms with Crippen molar-refractivity contribution in [3.63, 3.8) is 0 Å². The molecule has 0 unspecified atom stereocenters. The molecule has 0 aliphatic carbocycles. The van der Waals surface area contributed by atoms with Crippen molar-refractivity contribution >= 4 is 24.0 Å². The van der Waals surface area contributed by atoms with Crippen LogP contribution in [0.25, 0.3) is 0 Å². The minimum Gasteiger partial charge on any atom is -0.376 e. The average molecular weight is 313 g/mol. The van der Waals surface area contributed by atoms with Gasteiger partial charge in [-0.3, -0.25) is 4.79 Å². The number of rotatable bonds is 7. The van der Waals surface area contributed by atoms with Crippen LogP contribution in [0.4, 0.5) is 18.9 Å². The average Bonchev–Trinajstić information content (AvgIpc) is 2.36. The summed E-state index contributed by atoms with van der Waals surface area (Å²) in [5, 5.41) is 5.32. The highest BCUT2D eigenvalue weighted by Gasteiger charge is 2.27. The van der Waals surface area contributed by atoms with E-state index >= 15 is 0 Å². The van der Waals surface area contributed by atoms with E-state index in [9.17, 15) is 18.0 Å². The Morgan fingerprint density at radius 3 is 2.45 bits per heavy atom. The van der Waals surface area contributed by atoms with E-state index in [0.29, 0.717) is 0 Å². The van der Waals surface area contributed by atoms with E-state index in [2.05, 4.69) is 15.4 Å². The van der Waals surface area contributed by atoms with Crippen LogP contribution in [0.5, 0.6) is 0 Å². The molecule has 0 saturated carbocycles. The fourth-order valence-electron chi connectivity index (χ4n) is 1.25. The third-order valence-electron chi connectivity index (χ3n) is 2.06. The van der Waals surface area contributed by atoms with Gasteiger partial charge in [0.25, 0.3) is 0 Å². The van der Waals surface area contributed by atoms with Crippen LogP contribution in [0, 0.1) is 0 Å². The van der Waals surface area contributed by atoms with Crippen LogP contribution in [0.1, 0.15) is 0 Å². The molecular weight excluding hydrogens is 297 g/mol. The van der Waals surface area contributed by atoms with Crippen molar-refractivity contribution in [2.45, 2.75) is 6.18 Å². The van der Waals surface area contributed by atoms with E-state index in [4.69, 9.17) is 0 Å². The molecule has 0 aromatic heterocycles. The Labute approximate surface area is 121 Å². The third-order valence-corrected chi connectivity index (χ3v) is 2.06. The molecule has 2 N–H and O–H groups in total. The second-order valence-electron chi connectivity index (χ2n) is 3.74. The van der Waals surface area contributed by atoms with Crippen molar-refractivity contribution in [3.05, 3.63) is 30.3 Å². The maximum atomic E-state index is 11.7. The minimum absolute atomic E-state index is 0. The highest BCUT2D eigenvalue weighted by atomic mass is 35.5. The Kier molecular flexibility index (Phi) is 8.74. The molecule has 4 nitrogen and oxygen atoms in total. The summed E-state index contributed by atoms with van der Waals surface area (Å²) in [6.07, 6.45) is -4.33. The number of ether oxygens (including phenoxy) is 1. The van der Waals surface area contributed by atoms with E-state index in [1.54, 1.807) is 12.1 Å². The fraction of sp³-hybridized carbons (Fsp3) is 0.417. The number of halogens is 4. The van der Waals surface area contributed by atoms with Gasteiger partial charge >= 0.3 is 6.18 Å². The number of hydrogen-bond acceptors (Lipinski definition) is 3. The molecule has 0 atom stereocenters. The monoisotopic (exact) mass is 312 g/mol. The molecule has 114 valence electrons. The van der Waals surface area contributed by atoms with E-state index < -0.39 is 12.8 Å². The molecule has 20 heavy (non-hydrogen) atoms. The molecule has 0 spiro atoms. The normalized spacial score (nSPS) is 10.6. The summed E-state index contributed by atoms with van der Waals surface area (Å²) in [5.41, 5.74) is 0.797. The molecule has 1 aromatic rings. The van der Waals surface area contributed by atoms with Gasteiger partial charge in [-0.25, -0.2) is 0 Å². The van der Waals surface area contributed by atoms with E-state index in [0.717, 1.165) is 5.69 Å². The Hall–Kier alpha value is -1.47. The van der Waals surface area contributed by atoms with Crippen molar-refractivity contribution in [3.8, 4) is 0 Å². The van der Waals surface area contributed by atoms with Crippen molar-refractivity contribution in [2.75, 3.05) is 31.6 Å². The molecule has 0 heterocycles. The van der Waals surface area contributed by atoms with Crippen molar-refractivity contribution < 1.29 is 22.7 Å². The largest absolute Gasteiger partial charge is 0.411 e. The fourth-order valence-corrected chi connectivity index (χ4v) is 1.25. The van der Waals surface area contributed by atoms with E-state index in [-0.39, 0.29) is 38.0 Å². The standard InChI is InChI=1S/C12H15F3N2O2.ClH/c13-12(14,15)9-19-7-6-16-11(18)8-17-10-4-2-1-3-5-10;/h1-5,17H,6-9H2,(H,16,18);1H. The zero-order valence-electron chi connectivity index (χ0n) is 10.6. The van der Waals surface area contributed by atoms with Gasteiger partial charge in [-0.2, -0.15) is 13.2 Å². The number of alkyl halides is 3. The number of carbonyl (C=O) groups excluding carboxylic acids is 1. The van der Waals surface area contributed by atoms with Crippen LogP contribution in [0.2, 0.25) is 0 Å². The number of nitrogens with one attached hydrogen (secondary N) is 2. The molecule has 8 heteroatoms. The predicted molar refractivity (Wildman–Crippen MR) is 72.1 cm³/mol. The number of para-hydroxylation sites is 1. The molecule has 0 aliphatic rings. The summed E-state index contributed by atoms with van der Waals surface area (Å²) < 4.78 is 39.5. The van der Waals surface area contributed by atoms with Gasteiger partial charge in [0.2, 0.25) is 5.91 Å². The Balaban J connectivity index is 0.00000361. The Morgan fingerprint density at radius 1 is 1.20 bits per heavy atom. The Bertz CT molecular complexity index is 388. The molecule has 0 saturated heterocycles. The van der Waals surface area contributed by atoms with E-state index in [1.807, 2.05) is 18.2 Å². The summed E-state index contributed by atoms with van der Waals surface area (Å²) in [5.74, 6) is -0.306. The highest BCUT2D eigenvalue weighted by molar-refractivity contribution is 5.85. The van der Waals surface area contributed by atoms with Crippen LogP contribution in [-0.4, -0.2) is 38.4 Å². The quantitative estimate of drug-likeness (QED) is 0.759. The second-order valence-corrected chi connectivity index (χ2v) is 3.74. The molecule has 1 rings (SSSR count). The summed E-state index contributed by atoms with van der Waals surface area (Å²) in [6.45, 7) is -1.36. The van der Waals surface area contributed by atoms with Crippen molar-refractivity contribution in [2.24, 2.45) is 0 Å². The molecule has 0 radical (unpaired) electrons. The van der Waals surface area contributed by atoms with Gasteiger partial charge in [-0.1, -0.05) is 18.2 Å². The summed E-state index contributed by atoms with van der Waals surface area (Å²) in [6, 6.07) is 9.11. The molecule has 1 amide bonds. The summed E-state index contributed by atoms with van der Waals surface area (Å²) in [4.78, 5) is 11.3. The van der Waals surface area contributed by atoms with Gasteiger partial charge in [-0.15, -0.1) is 12.4 Å².